The Hall–Kier alpha value is -2.84. The molecular weight excluding hydrogens is 315 g/mol. The molecule has 2 heterocycles. The zero-order valence-electron chi connectivity index (χ0n) is 11.9. The van der Waals surface area contributed by atoms with Gasteiger partial charge in [0, 0.05) is 12.4 Å². The lowest BCUT2D eigenvalue weighted by molar-refractivity contribution is -0.139. The molecule has 0 saturated heterocycles. The first kappa shape index (κ1) is 16.5. The van der Waals surface area contributed by atoms with Crippen molar-refractivity contribution in [1.29, 1.82) is 5.41 Å². The number of furan rings is 1. The Labute approximate surface area is 128 Å². The molecule has 2 aromatic heterocycles. The van der Waals surface area contributed by atoms with Crippen LogP contribution in [0.5, 0.6) is 0 Å². The topological polar surface area (TPSA) is 88.2 Å². The van der Waals surface area contributed by atoms with Crippen LogP contribution in [-0.2, 0) is 9.53 Å². The molecule has 9 heteroatoms. The lowest BCUT2D eigenvalue weighted by Crippen LogP contribution is -2.26. The third-order valence-electron chi connectivity index (χ3n) is 2.82. The highest BCUT2D eigenvalue weighted by atomic mass is 19.4. The van der Waals surface area contributed by atoms with E-state index in [1.165, 1.54) is 31.5 Å². The van der Waals surface area contributed by atoms with Gasteiger partial charge in [0.05, 0.1) is 18.3 Å². The number of anilines is 1. The predicted octanol–water partition coefficient (Wildman–Crippen LogP) is 3.27. The predicted molar refractivity (Wildman–Crippen MR) is 76.1 cm³/mol. The summed E-state index contributed by atoms with van der Waals surface area (Å²) in [5.74, 6) is -1.39. The zero-order valence-corrected chi connectivity index (χ0v) is 11.9. The van der Waals surface area contributed by atoms with Crippen molar-refractivity contribution in [1.82, 2.24) is 4.98 Å². The van der Waals surface area contributed by atoms with Crippen LogP contribution >= 0.6 is 0 Å². The van der Waals surface area contributed by atoms with Crippen molar-refractivity contribution in [2.75, 3.05) is 11.9 Å². The van der Waals surface area contributed by atoms with Gasteiger partial charge in [0.1, 0.15) is 22.7 Å². The number of ether oxygens (including phenoxy) is 1. The van der Waals surface area contributed by atoms with Crippen LogP contribution in [0.1, 0.15) is 6.92 Å². The van der Waals surface area contributed by atoms with E-state index in [0.717, 1.165) is 0 Å². The SMILES string of the molecule is CCOC(=O)/C(C=N)=C(/Nc1nccc2occc12)C(F)(F)F. The van der Waals surface area contributed by atoms with E-state index in [0.29, 0.717) is 17.2 Å². The van der Waals surface area contributed by atoms with Crippen LogP contribution in [0.25, 0.3) is 11.0 Å². The Morgan fingerprint density at radius 3 is 2.83 bits per heavy atom. The van der Waals surface area contributed by atoms with Crippen LogP contribution in [0.3, 0.4) is 0 Å². The highest BCUT2D eigenvalue weighted by molar-refractivity contribution is 6.10. The molecule has 122 valence electrons. The molecule has 0 aliphatic heterocycles. The number of nitrogens with zero attached hydrogens (tertiary/aromatic N) is 1. The smallest absolute Gasteiger partial charge is 0.432 e. The Kier molecular flexibility index (Phi) is 4.68. The van der Waals surface area contributed by atoms with E-state index in [9.17, 15) is 18.0 Å². The Balaban J connectivity index is 2.54. The van der Waals surface area contributed by atoms with Crippen molar-refractivity contribution in [2.45, 2.75) is 13.1 Å². The molecule has 0 aliphatic rings. The Morgan fingerprint density at radius 2 is 2.22 bits per heavy atom. The minimum atomic E-state index is -4.91. The quantitative estimate of drug-likeness (QED) is 0.500. The van der Waals surface area contributed by atoms with Crippen LogP contribution < -0.4 is 5.32 Å². The van der Waals surface area contributed by atoms with Gasteiger partial charge in [-0.15, -0.1) is 0 Å². The molecule has 2 N–H and O–H groups in total. The van der Waals surface area contributed by atoms with Crippen LogP contribution in [0.4, 0.5) is 19.0 Å². The minimum absolute atomic E-state index is 0.114. The maximum atomic E-state index is 13.3. The van der Waals surface area contributed by atoms with Crippen molar-refractivity contribution in [2.24, 2.45) is 0 Å². The first-order chi connectivity index (χ1) is 10.9. The number of hydrogen-bond donors (Lipinski definition) is 2. The summed E-state index contributed by atoms with van der Waals surface area (Å²) >= 11 is 0. The number of aromatic nitrogens is 1. The molecule has 0 atom stereocenters. The van der Waals surface area contributed by atoms with Gasteiger partial charge < -0.3 is 19.9 Å². The second-order valence-corrected chi connectivity index (χ2v) is 4.27. The van der Waals surface area contributed by atoms with Gasteiger partial charge in [-0.3, -0.25) is 0 Å². The molecule has 0 saturated carbocycles. The minimum Gasteiger partial charge on any atom is -0.464 e. The van der Waals surface area contributed by atoms with Crippen molar-refractivity contribution in [3.8, 4) is 0 Å². The van der Waals surface area contributed by atoms with Crippen LogP contribution in [-0.4, -0.2) is 30.0 Å². The van der Waals surface area contributed by atoms with Crippen molar-refractivity contribution >= 4 is 29.0 Å². The summed E-state index contributed by atoms with van der Waals surface area (Å²) in [6.07, 6.45) is -2.05. The van der Waals surface area contributed by atoms with E-state index in [-0.39, 0.29) is 12.4 Å². The van der Waals surface area contributed by atoms with Crippen LogP contribution in [0.15, 0.2) is 40.3 Å². The van der Waals surface area contributed by atoms with Crippen LogP contribution in [0.2, 0.25) is 0 Å². The molecule has 0 aromatic carbocycles. The summed E-state index contributed by atoms with van der Waals surface area (Å²) in [4.78, 5) is 15.5. The number of nitrogens with one attached hydrogen (secondary N) is 2. The molecule has 0 bridgehead atoms. The maximum absolute atomic E-state index is 13.3. The summed E-state index contributed by atoms with van der Waals surface area (Å²) in [7, 11) is 0. The van der Waals surface area contributed by atoms with Crippen LogP contribution in [0, 0.1) is 5.41 Å². The van der Waals surface area contributed by atoms with E-state index >= 15 is 0 Å². The lowest BCUT2D eigenvalue weighted by atomic mass is 10.2. The first-order valence-corrected chi connectivity index (χ1v) is 6.46. The molecule has 0 unspecified atom stereocenters. The summed E-state index contributed by atoms with van der Waals surface area (Å²) in [5.41, 5.74) is -2.04. The Morgan fingerprint density at radius 1 is 1.48 bits per heavy atom. The van der Waals surface area contributed by atoms with E-state index in [4.69, 9.17) is 9.83 Å². The normalized spacial score (nSPS) is 12.7. The molecule has 0 radical (unpaired) electrons. The number of rotatable bonds is 5. The number of esters is 1. The lowest BCUT2D eigenvalue weighted by Gasteiger charge is -2.16. The maximum Gasteiger partial charge on any atom is 0.432 e. The number of allylic oxidation sites excluding steroid dienone is 1. The van der Waals surface area contributed by atoms with Gasteiger partial charge in [0.25, 0.3) is 0 Å². The number of alkyl halides is 3. The fourth-order valence-corrected chi connectivity index (χ4v) is 1.85. The molecule has 2 rings (SSSR count). The number of carbonyl (C=O) groups excluding carboxylic acids is 1. The van der Waals surface area contributed by atoms with Gasteiger partial charge in [0.15, 0.2) is 0 Å². The first-order valence-electron chi connectivity index (χ1n) is 6.46. The summed E-state index contributed by atoms with van der Waals surface area (Å²) < 4.78 is 49.5. The largest absolute Gasteiger partial charge is 0.464 e. The number of pyridine rings is 1. The van der Waals surface area contributed by atoms with Crippen molar-refractivity contribution in [3.05, 3.63) is 35.9 Å². The third-order valence-corrected chi connectivity index (χ3v) is 2.82. The van der Waals surface area contributed by atoms with Crippen molar-refractivity contribution < 1.29 is 27.1 Å². The van der Waals surface area contributed by atoms with Gasteiger partial charge in [0.2, 0.25) is 0 Å². The molecular formula is C14H12F3N3O3. The highest BCUT2D eigenvalue weighted by Gasteiger charge is 2.39. The monoisotopic (exact) mass is 327 g/mol. The molecule has 2 aromatic rings. The fourth-order valence-electron chi connectivity index (χ4n) is 1.85. The second kappa shape index (κ2) is 6.51. The van der Waals surface area contributed by atoms with Gasteiger partial charge in [-0.2, -0.15) is 13.2 Å². The van der Waals surface area contributed by atoms with E-state index < -0.39 is 23.4 Å². The third kappa shape index (κ3) is 3.50. The van der Waals surface area contributed by atoms with Gasteiger partial charge in [-0.25, -0.2) is 9.78 Å². The average molecular weight is 327 g/mol. The van der Waals surface area contributed by atoms with Gasteiger partial charge in [-0.05, 0) is 19.1 Å². The van der Waals surface area contributed by atoms with E-state index in [1.54, 1.807) is 0 Å². The number of fused-ring (bicyclic) bond motifs is 1. The van der Waals surface area contributed by atoms with Gasteiger partial charge in [-0.1, -0.05) is 0 Å². The molecule has 0 amide bonds. The second-order valence-electron chi connectivity index (χ2n) is 4.27. The summed E-state index contributed by atoms with van der Waals surface area (Å²) in [5, 5.41) is 9.49. The van der Waals surface area contributed by atoms with Crippen molar-refractivity contribution in [3.63, 3.8) is 0 Å². The summed E-state index contributed by atoms with van der Waals surface area (Å²) in [6.45, 7) is 1.34. The number of halogens is 3. The highest BCUT2D eigenvalue weighted by Crippen LogP contribution is 2.31. The molecule has 23 heavy (non-hydrogen) atoms. The zero-order chi connectivity index (χ0) is 17.0. The molecule has 6 nitrogen and oxygen atoms in total. The number of hydrogen-bond acceptors (Lipinski definition) is 6. The van der Waals surface area contributed by atoms with E-state index in [2.05, 4.69) is 15.0 Å². The standard InChI is InChI=1S/C14H12F3N3O3/c1-2-22-13(21)9(7-18)11(14(15,16)17)20-12-8-4-6-23-10(8)3-5-19-12/h3-7,18H,2H2,1H3,(H,19,20)/b11-9+,18-7?. The molecule has 0 spiro atoms. The van der Waals surface area contributed by atoms with Gasteiger partial charge >= 0.3 is 12.1 Å². The number of carbonyl (C=O) groups is 1. The Bertz CT molecular complexity index is 765. The summed E-state index contributed by atoms with van der Waals surface area (Å²) in [6, 6.07) is 2.92. The molecule has 0 fully saturated rings. The molecule has 0 aliphatic carbocycles. The average Bonchev–Trinajstić information content (AvgIpc) is 2.95. The van der Waals surface area contributed by atoms with E-state index in [1.807, 2.05) is 0 Å². The fraction of sp³-hybridized carbons (Fsp3) is 0.214.